The molecule has 0 bridgehead atoms. The van der Waals surface area contributed by atoms with Crippen molar-refractivity contribution in [2.24, 2.45) is 10.3 Å². The molecule has 216 valence electrons. The van der Waals surface area contributed by atoms with Crippen LogP contribution in [0.1, 0.15) is 53.6 Å². The van der Waals surface area contributed by atoms with Crippen molar-refractivity contribution in [3.63, 3.8) is 0 Å². The molecule has 5 rings (SSSR count). The third-order valence-corrected chi connectivity index (χ3v) is 7.32. The largest absolute Gasteiger partial charge is 0.416 e. The molecule has 1 amide bonds. The number of aromatic nitrogens is 3. The molecule has 1 atom stereocenters. The number of alkyl halides is 3. The Morgan fingerprint density at radius 2 is 1.88 bits per heavy atom. The lowest BCUT2D eigenvalue weighted by Gasteiger charge is -2.26. The molecule has 0 aliphatic carbocycles. The van der Waals surface area contributed by atoms with Crippen LogP contribution in [0.15, 0.2) is 59.4 Å². The minimum atomic E-state index is -4.58. The molecule has 3 aromatic rings. The fourth-order valence-electron chi connectivity index (χ4n) is 4.97. The van der Waals surface area contributed by atoms with E-state index in [-0.39, 0.29) is 11.7 Å². The van der Waals surface area contributed by atoms with E-state index in [1.165, 1.54) is 6.20 Å². The van der Waals surface area contributed by atoms with Crippen LogP contribution in [0, 0.1) is 6.92 Å². The fourth-order valence-corrected chi connectivity index (χ4v) is 4.97. The smallest absolute Gasteiger partial charge is 0.369 e. The molecule has 0 spiro atoms. The Labute approximate surface area is 236 Å². The van der Waals surface area contributed by atoms with E-state index < -0.39 is 17.6 Å². The van der Waals surface area contributed by atoms with E-state index in [4.69, 9.17) is 0 Å². The number of nitrogens with one attached hydrogen (secondary N) is 1. The summed E-state index contributed by atoms with van der Waals surface area (Å²) in [6, 6.07) is 5.60. The zero-order valence-corrected chi connectivity index (χ0v) is 23.1. The fraction of sp³-hybridized carbons (Fsp3) is 0.429. The molecule has 0 saturated carbocycles. The van der Waals surface area contributed by atoms with Crippen molar-refractivity contribution in [2.75, 3.05) is 47.9 Å². The standard InChI is InChI=1S/C28H32F3N9O/c1-18(2)38-7-4-8-39(10-9-38)23-11-20(14-32-16-23)25-17-40(37-36-25)26-13-22(15-34-19(26)3)35-27(41)24-12-21(5-6-33-24)28(29,30)31/h5-6,11-16,18,25H,4,7-10,17H2,1-3H3,(H,35,41). The van der Waals surface area contributed by atoms with Gasteiger partial charge in [0.2, 0.25) is 0 Å². The Hall–Kier alpha value is -4.13. The molecule has 41 heavy (non-hydrogen) atoms. The van der Waals surface area contributed by atoms with Crippen molar-refractivity contribution in [3.8, 4) is 0 Å². The number of halogens is 3. The Morgan fingerprint density at radius 3 is 2.66 bits per heavy atom. The topological polar surface area (TPSA) is 102 Å². The summed E-state index contributed by atoms with van der Waals surface area (Å²) in [6.07, 6.45) is 2.59. The van der Waals surface area contributed by atoms with Crippen LogP contribution in [-0.2, 0) is 6.18 Å². The van der Waals surface area contributed by atoms with Gasteiger partial charge in [0.1, 0.15) is 11.7 Å². The first-order valence-electron chi connectivity index (χ1n) is 13.5. The van der Waals surface area contributed by atoms with Crippen molar-refractivity contribution in [3.05, 3.63) is 71.6 Å². The predicted octanol–water partition coefficient (Wildman–Crippen LogP) is 5.30. The third kappa shape index (κ3) is 6.62. The summed E-state index contributed by atoms with van der Waals surface area (Å²) in [4.78, 5) is 30.1. The highest BCUT2D eigenvalue weighted by atomic mass is 19.4. The quantitative estimate of drug-likeness (QED) is 0.431. The SMILES string of the molecule is Cc1ncc(NC(=O)c2cc(C(F)(F)F)ccn2)cc1N1CC(c2cncc(N3CCCN(C(C)C)CC3)c2)N=N1. The molecule has 10 nitrogen and oxygen atoms in total. The van der Waals surface area contributed by atoms with Gasteiger partial charge in [-0.05, 0) is 51.5 Å². The summed E-state index contributed by atoms with van der Waals surface area (Å²) in [7, 11) is 0. The Balaban J connectivity index is 1.27. The molecule has 1 unspecified atom stereocenters. The molecule has 1 N–H and O–H groups in total. The van der Waals surface area contributed by atoms with Crippen molar-refractivity contribution in [1.29, 1.82) is 0 Å². The van der Waals surface area contributed by atoms with Crippen molar-refractivity contribution < 1.29 is 18.0 Å². The molecule has 2 aliphatic heterocycles. The lowest BCUT2D eigenvalue weighted by atomic mass is 10.1. The van der Waals surface area contributed by atoms with E-state index in [9.17, 15) is 18.0 Å². The number of hydrogen-bond donors (Lipinski definition) is 1. The van der Waals surface area contributed by atoms with Crippen molar-refractivity contribution in [1.82, 2.24) is 19.9 Å². The van der Waals surface area contributed by atoms with E-state index in [0.717, 1.165) is 56.1 Å². The highest BCUT2D eigenvalue weighted by Crippen LogP contribution is 2.33. The van der Waals surface area contributed by atoms with Gasteiger partial charge in [-0.3, -0.25) is 24.6 Å². The average Bonchev–Trinajstić information content (AvgIpc) is 3.30. The predicted molar refractivity (Wildman–Crippen MR) is 149 cm³/mol. The number of amides is 1. The van der Waals surface area contributed by atoms with Crippen LogP contribution in [0.5, 0.6) is 0 Å². The molecular weight excluding hydrogens is 535 g/mol. The maximum Gasteiger partial charge on any atom is 0.416 e. The monoisotopic (exact) mass is 567 g/mol. The van der Waals surface area contributed by atoms with Gasteiger partial charge in [0.15, 0.2) is 0 Å². The molecule has 2 aliphatic rings. The van der Waals surface area contributed by atoms with Gasteiger partial charge >= 0.3 is 6.18 Å². The first-order chi connectivity index (χ1) is 19.6. The van der Waals surface area contributed by atoms with Crippen LogP contribution < -0.4 is 15.2 Å². The minimum absolute atomic E-state index is 0.242. The number of hydrogen-bond acceptors (Lipinski definition) is 9. The lowest BCUT2D eigenvalue weighted by Crippen LogP contribution is -2.35. The average molecular weight is 568 g/mol. The number of rotatable bonds is 6. The van der Waals surface area contributed by atoms with Gasteiger partial charge < -0.3 is 10.2 Å². The van der Waals surface area contributed by atoms with Crippen LogP contribution in [0.25, 0.3) is 0 Å². The number of aryl methyl sites for hydroxylation is 1. The summed E-state index contributed by atoms with van der Waals surface area (Å²) in [5.74, 6) is -0.776. The molecule has 13 heteroatoms. The van der Waals surface area contributed by atoms with Gasteiger partial charge in [-0.2, -0.15) is 18.3 Å². The summed E-state index contributed by atoms with van der Waals surface area (Å²) < 4.78 is 39.2. The zero-order chi connectivity index (χ0) is 29.1. The molecule has 5 heterocycles. The van der Waals surface area contributed by atoms with Gasteiger partial charge in [0, 0.05) is 50.2 Å². The van der Waals surface area contributed by atoms with Crippen LogP contribution in [0.2, 0.25) is 0 Å². The molecule has 1 saturated heterocycles. The molecule has 3 aromatic heterocycles. The number of carbonyl (C=O) groups excluding carboxylic acids is 1. The third-order valence-electron chi connectivity index (χ3n) is 7.32. The van der Waals surface area contributed by atoms with E-state index >= 15 is 0 Å². The normalized spacial score (nSPS) is 18.2. The summed E-state index contributed by atoms with van der Waals surface area (Å²) in [5, 5.41) is 13.1. The van der Waals surface area contributed by atoms with E-state index in [2.05, 4.69) is 60.3 Å². The van der Waals surface area contributed by atoms with Gasteiger partial charge in [-0.25, -0.2) is 5.01 Å². The molecule has 1 fully saturated rings. The van der Waals surface area contributed by atoms with Crippen LogP contribution in [0.3, 0.4) is 0 Å². The summed E-state index contributed by atoms with van der Waals surface area (Å²) in [5.41, 5.74) is 2.29. The summed E-state index contributed by atoms with van der Waals surface area (Å²) in [6.45, 7) is 10.7. The van der Waals surface area contributed by atoms with Gasteiger partial charge in [-0.15, -0.1) is 0 Å². The number of carbonyl (C=O) groups is 1. The minimum Gasteiger partial charge on any atom is -0.369 e. The lowest BCUT2D eigenvalue weighted by molar-refractivity contribution is -0.137. The van der Waals surface area contributed by atoms with E-state index in [1.54, 1.807) is 24.2 Å². The van der Waals surface area contributed by atoms with Crippen LogP contribution in [-0.4, -0.2) is 64.5 Å². The highest BCUT2D eigenvalue weighted by molar-refractivity contribution is 6.03. The number of nitrogens with zero attached hydrogens (tertiary/aromatic N) is 8. The van der Waals surface area contributed by atoms with Crippen molar-refractivity contribution in [2.45, 2.75) is 45.5 Å². The van der Waals surface area contributed by atoms with Gasteiger partial charge in [0.25, 0.3) is 5.91 Å². The molecule has 0 radical (unpaired) electrons. The van der Waals surface area contributed by atoms with Crippen LogP contribution >= 0.6 is 0 Å². The summed E-state index contributed by atoms with van der Waals surface area (Å²) >= 11 is 0. The maximum absolute atomic E-state index is 13.1. The van der Waals surface area contributed by atoms with Crippen LogP contribution in [0.4, 0.5) is 30.2 Å². The van der Waals surface area contributed by atoms with E-state index in [0.29, 0.717) is 35.7 Å². The van der Waals surface area contributed by atoms with E-state index in [1.807, 2.05) is 6.20 Å². The second-order valence-electron chi connectivity index (χ2n) is 10.5. The second kappa shape index (κ2) is 11.8. The Bertz CT molecular complexity index is 1430. The first kappa shape index (κ1) is 28.4. The molecular formula is C28H32F3N9O. The number of anilines is 3. The van der Waals surface area contributed by atoms with Crippen molar-refractivity contribution >= 4 is 23.0 Å². The Morgan fingerprint density at radius 1 is 1.05 bits per heavy atom. The first-order valence-corrected chi connectivity index (χ1v) is 13.5. The highest BCUT2D eigenvalue weighted by Gasteiger charge is 2.31. The zero-order valence-electron chi connectivity index (χ0n) is 23.1. The molecule has 0 aromatic carbocycles. The van der Waals surface area contributed by atoms with Gasteiger partial charge in [-0.1, -0.05) is 5.22 Å². The van der Waals surface area contributed by atoms with Gasteiger partial charge in [0.05, 0.1) is 47.3 Å². The number of pyridine rings is 3. The maximum atomic E-state index is 13.1. The Kier molecular flexibility index (Phi) is 8.15. The second-order valence-corrected chi connectivity index (χ2v) is 10.5.